The molecule has 0 aliphatic carbocycles. The van der Waals surface area contributed by atoms with Crippen LogP contribution in [0.5, 0.6) is 0 Å². The van der Waals surface area contributed by atoms with Crippen molar-refractivity contribution < 1.29 is 34.2 Å². The fourth-order valence-corrected chi connectivity index (χ4v) is 5.44. The summed E-state index contributed by atoms with van der Waals surface area (Å²) in [4.78, 5) is 62.1. The Hall–Kier alpha value is -3.66. The standard InChI is InChI=1S/C32H42N2O7S/c1-21(2)9-7-10-22(3)11-8-12-23(4)17-19-42-20-18-26(31(38)39)33-28(35)16-15-27(32(40)41)34-29(36)24-13-5-6-14-25(24)30(34)37/h5-6,9,11,13-14,17,26-27H,7-8,10,12,15-16,18-20H2,1-4H3,(H,33,35)(H,38,39)(H,40,41)/b22-11+,23-17+/t26-,27?/m0/s1. The molecule has 0 spiro atoms. The van der Waals surface area contributed by atoms with Gasteiger partial charge in [-0.1, -0.05) is 47.1 Å². The highest BCUT2D eigenvalue weighted by Gasteiger charge is 2.42. The van der Waals surface area contributed by atoms with Gasteiger partial charge in [0.2, 0.25) is 5.91 Å². The molecule has 0 bridgehead atoms. The summed E-state index contributed by atoms with van der Waals surface area (Å²) in [5.41, 5.74) is 4.22. The minimum Gasteiger partial charge on any atom is -0.480 e. The number of imide groups is 1. The van der Waals surface area contributed by atoms with Crippen LogP contribution in [-0.4, -0.2) is 68.4 Å². The van der Waals surface area contributed by atoms with Gasteiger partial charge >= 0.3 is 11.9 Å². The Bertz CT molecular complexity index is 1210. The average molecular weight is 599 g/mol. The molecule has 10 heteroatoms. The van der Waals surface area contributed by atoms with E-state index >= 15 is 0 Å². The first-order valence-electron chi connectivity index (χ1n) is 14.2. The van der Waals surface area contributed by atoms with E-state index in [1.807, 2.05) is 0 Å². The zero-order valence-corrected chi connectivity index (χ0v) is 25.7. The normalized spacial score (nSPS) is 14.8. The van der Waals surface area contributed by atoms with E-state index in [1.54, 1.807) is 23.9 Å². The number of amides is 3. The molecule has 1 heterocycles. The number of nitrogens with zero attached hydrogens (tertiary/aromatic N) is 1. The van der Waals surface area contributed by atoms with Gasteiger partial charge in [0, 0.05) is 12.2 Å². The predicted octanol–water partition coefficient (Wildman–Crippen LogP) is 5.63. The highest BCUT2D eigenvalue weighted by molar-refractivity contribution is 7.99. The van der Waals surface area contributed by atoms with Crippen LogP contribution in [0.3, 0.4) is 0 Å². The van der Waals surface area contributed by atoms with Crippen LogP contribution in [0.25, 0.3) is 0 Å². The number of carbonyl (C=O) groups excluding carboxylic acids is 3. The average Bonchev–Trinajstić information content (AvgIpc) is 3.17. The maximum atomic E-state index is 12.7. The van der Waals surface area contributed by atoms with Gasteiger partial charge in [0.1, 0.15) is 12.1 Å². The van der Waals surface area contributed by atoms with Crippen molar-refractivity contribution in [1.82, 2.24) is 10.2 Å². The number of aliphatic carboxylic acids is 2. The summed E-state index contributed by atoms with van der Waals surface area (Å²) >= 11 is 1.57. The molecule has 3 N–H and O–H groups in total. The maximum absolute atomic E-state index is 12.7. The number of carbonyl (C=O) groups is 5. The summed E-state index contributed by atoms with van der Waals surface area (Å²) < 4.78 is 0. The molecular weight excluding hydrogens is 556 g/mol. The highest BCUT2D eigenvalue weighted by Crippen LogP contribution is 2.26. The molecule has 0 radical (unpaired) electrons. The van der Waals surface area contributed by atoms with Crippen LogP contribution in [0.1, 0.15) is 93.4 Å². The van der Waals surface area contributed by atoms with Crippen LogP contribution in [-0.2, 0) is 14.4 Å². The third kappa shape index (κ3) is 11.0. The van der Waals surface area contributed by atoms with Gasteiger partial charge in [-0.3, -0.25) is 19.3 Å². The Kier molecular flexibility index (Phi) is 14.3. The van der Waals surface area contributed by atoms with Gasteiger partial charge in [-0.2, -0.15) is 11.8 Å². The Morgan fingerprint density at radius 3 is 1.95 bits per heavy atom. The Labute approximate surface area is 252 Å². The van der Waals surface area contributed by atoms with Gasteiger partial charge in [0.05, 0.1) is 11.1 Å². The van der Waals surface area contributed by atoms with Crippen LogP contribution < -0.4 is 5.32 Å². The number of nitrogens with one attached hydrogen (secondary N) is 1. The van der Waals surface area contributed by atoms with E-state index in [2.05, 4.69) is 51.2 Å². The zero-order valence-electron chi connectivity index (χ0n) is 24.9. The van der Waals surface area contributed by atoms with Crippen LogP contribution >= 0.6 is 11.8 Å². The van der Waals surface area contributed by atoms with Crippen molar-refractivity contribution in [3.8, 4) is 0 Å². The Morgan fingerprint density at radius 2 is 1.40 bits per heavy atom. The van der Waals surface area contributed by atoms with E-state index in [0.717, 1.165) is 31.4 Å². The molecule has 0 saturated heterocycles. The molecule has 0 aromatic heterocycles. The lowest BCUT2D eigenvalue weighted by Gasteiger charge is -2.22. The van der Waals surface area contributed by atoms with E-state index in [-0.39, 0.29) is 30.4 Å². The molecule has 228 valence electrons. The monoisotopic (exact) mass is 598 g/mol. The maximum Gasteiger partial charge on any atom is 0.326 e. The molecule has 0 saturated carbocycles. The Balaban J connectivity index is 1.77. The smallest absolute Gasteiger partial charge is 0.326 e. The first-order chi connectivity index (χ1) is 19.9. The lowest BCUT2D eigenvalue weighted by atomic mass is 10.1. The predicted molar refractivity (Wildman–Crippen MR) is 165 cm³/mol. The van der Waals surface area contributed by atoms with Gasteiger partial charge < -0.3 is 15.5 Å². The summed E-state index contributed by atoms with van der Waals surface area (Å²) in [6.45, 7) is 8.45. The number of carboxylic acids is 2. The summed E-state index contributed by atoms with van der Waals surface area (Å²) in [5, 5.41) is 21.7. The molecule has 2 atom stereocenters. The van der Waals surface area contributed by atoms with Crippen molar-refractivity contribution in [2.75, 3.05) is 11.5 Å². The van der Waals surface area contributed by atoms with Crippen molar-refractivity contribution >= 4 is 41.4 Å². The molecule has 1 aromatic rings. The quantitative estimate of drug-likeness (QED) is 0.112. The Morgan fingerprint density at radius 1 is 0.833 bits per heavy atom. The number of fused-ring (bicyclic) bond motifs is 1. The second-order valence-corrected chi connectivity index (χ2v) is 11.9. The largest absolute Gasteiger partial charge is 0.480 e. The van der Waals surface area contributed by atoms with Crippen molar-refractivity contribution in [2.24, 2.45) is 0 Å². The number of thioether (sulfide) groups is 1. The van der Waals surface area contributed by atoms with Crippen LogP contribution in [0.2, 0.25) is 0 Å². The molecule has 3 amide bonds. The molecule has 1 aromatic carbocycles. The second-order valence-electron chi connectivity index (χ2n) is 10.7. The fourth-order valence-electron chi connectivity index (χ4n) is 4.47. The van der Waals surface area contributed by atoms with Gasteiger partial charge in [-0.15, -0.1) is 0 Å². The molecule has 0 fully saturated rings. The first-order valence-corrected chi connectivity index (χ1v) is 15.3. The molecule has 9 nitrogen and oxygen atoms in total. The van der Waals surface area contributed by atoms with E-state index in [0.29, 0.717) is 10.7 Å². The van der Waals surface area contributed by atoms with Crippen LogP contribution in [0.4, 0.5) is 0 Å². The number of carboxylic acid groups (broad SMARTS) is 2. The number of hydrogen-bond acceptors (Lipinski definition) is 6. The van der Waals surface area contributed by atoms with Crippen molar-refractivity contribution in [3.05, 3.63) is 70.3 Å². The number of allylic oxidation sites excluding steroid dienone is 5. The highest BCUT2D eigenvalue weighted by atomic mass is 32.2. The summed E-state index contributed by atoms with van der Waals surface area (Å²) in [6, 6.07) is 3.37. The zero-order chi connectivity index (χ0) is 31.2. The molecule has 42 heavy (non-hydrogen) atoms. The molecule has 1 aliphatic heterocycles. The minimum atomic E-state index is -1.54. The number of rotatable bonds is 18. The second kappa shape index (κ2) is 17.3. The van der Waals surface area contributed by atoms with Gasteiger partial charge in [0.25, 0.3) is 11.8 Å². The minimum absolute atomic E-state index is 0.115. The SMILES string of the molecule is CC(C)=CCC/C(C)=C/CC/C(C)=C/CSCC[C@H](NC(=O)CCC(C(=O)O)N1C(=O)c2ccccc2C1=O)C(=O)O. The lowest BCUT2D eigenvalue weighted by Crippen LogP contribution is -2.46. The summed E-state index contributed by atoms with van der Waals surface area (Å²) in [6.07, 6.45) is 10.3. The van der Waals surface area contributed by atoms with E-state index < -0.39 is 41.7 Å². The van der Waals surface area contributed by atoms with E-state index in [1.165, 1.54) is 28.9 Å². The number of hydrogen-bond donors (Lipinski definition) is 3. The molecule has 1 unspecified atom stereocenters. The lowest BCUT2D eigenvalue weighted by molar-refractivity contribution is -0.143. The van der Waals surface area contributed by atoms with Gasteiger partial charge in [-0.05, 0) is 84.1 Å². The molecule has 1 aliphatic rings. The van der Waals surface area contributed by atoms with Gasteiger partial charge in [0.15, 0.2) is 0 Å². The molecule has 2 rings (SSSR count). The van der Waals surface area contributed by atoms with Crippen molar-refractivity contribution in [2.45, 2.75) is 84.7 Å². The third-order valence-electron chi connectivity index (χ3n) is 6.92. The first kappa shape index (κ1) is 34.5. The summed E-state index contributed by atoms with van der Waals surface area (Å²) in [5.74, 6) is -3.47. The van der Waals surface area contributed by atoms with Crippen LogP contribution in [0.15, 0.2) is 59.2 Å². The topological polar surface area (TPSA) is 141 Å². The number of benzene rings is 1. The van der Waals surface area contributed by atoms with E-state index in [9.17, 15) is 34.2 Å². The summed E-state index contributed by atoms with van der Waals surface area (Å²) in [7, 11) is 0. The third-order valence-corrected chi connectivity index (χ3v) is 7.85. The molecular formula is C32H42N2O7S. The fraction of sp³-hybridized carbons (Fsp3) is 0.469. The van der Waals surface area contributed by atoms with Crippen molar-refractivity contribution in [1.29, 1.82) is 0 Å². The van der Waals surface area contributed by atoms with Gasteiger partial charge in [-0.25, -0.2) is 9.59 Å². The van der Waals surface area contributed by atoms with Crippen LogP contribution in [0, 0.1) is 0 Å². The van der Waals surface area contributed by atoms with E-state index in [4.69, 9.17) is 0 Å². The van der Waals surface area contributed by atoms with Crippen molar-refractivity contribution in [3.63, 3.8) is 0 Å².